The Balaban J connectivity index is 1.56. The standard InChI is InChI=1S/C17H15ClFN5O/c18-16-12-7-21-24(15-10-5-20-6-11(10)15)17(25)14(12)22-23(16)8-9-3-1-2-4-13(9)19/h1-4,7,10-11,15,20H,5-6,8H2/t10-,11+,15?. The van der Waals surface area contributed by atoms with E-state index in [9.17, 15) is 9.18 Å². The lowest BCUT2D eigenvalue weighted by molar-refractivity contribution is 0.503. The summed E-state index contributed by atoms with van der Waals surface area (Å²) in [5, 5.41) is 12.8. The van der Waals surface area contributed by atoms with Gasteiger partial charge in [-0.05, 0) is 6.07 Å². The normalized spacial score (nSPS) is 24.6. The third-order valence-corrected chi connectivity index (χ3v) is 5.65. The lowest BCUT2D eigenvalue weighted by Gasteiger charge is -2.06. The van der Waals surface area contributed by atoms with Crippen molar-refractivity contribution in [2.45, 2.75) is 12.6 Å². The van der Waals surface area contributed by atoms with Gasteiger partial charge in [-0.25, -0.2) is 13.8 Å². The highest BCUT2D eigenvalue weighted by molar-refractivity contribution is 6.34. The highest BCUT2D eigenvalue weighted by Gasteiger charge is 2.55. The fourth-order valence-electron chi connectivity index (χ4n) is 3.86. The zero-order valence-electron chi connectivity index (χ0n) is 13.2. The van der Waals surface area contributed by atoms with Crippen molar-refractivity contribution in [2.24, 2.45) is 11.8 Å². The van der Waals surface area contributed by atoms with Crippen LogP contribution in [-0.2, 0) is 6.54 Å². The number of nitrogens with zero attached hydrogens (tertiary/aromatic N) is 4. The molecule has 2 fully saturated rings. The number of rotatable bonds is 3. The Morgan fingerprint density at radius 3 is 2.80 bits per heavy atom. The molecule has 6 nitrogen and oxygen atoms in total. The zero-order valence-corrected chi connectivity index (χ0v) is 13.9. The Labute approximate surface area is 147 Å². The largest absolute Gasteiger partial charge is 0.316 e. The SMILES string of the molecule is O=c1c2nn(Cc3ccccc3F)c(Cl)c2cnn1C1[C@H]2CNC[C@@H]12. The van der Waals surface area contributed by atoms with Crippen molar-refractivity contribution in [3.05, 3.63) is 57.3 Å². The summed E-state index contributed by atoms with van der Waals surface area (Å²) in [7, 11) is 0. The van der Waals surface area contributed by atoms with Crippen LogP contribution in [0.2, 0.25) is 5.15 Å². The van der Waals surface area contributed by atoms with Crippen LogP contribution in [0.5, 0.6) is 0 Å². The van der Waals surface area contributed by atoms with Gasteiger partial charge in [0.05, 0.1) is 24.2 Å². The van der Waals surface area contributed by atoms with Crippen LogP contribution < -0.4 is 10.9 Å². The molecule has 128 valence electrons. The van der Waals surface area contributed by atoms with E-state index in [0.29, 0.717) is 27.9 Å². The number of fused-ring (bicyclic) bond motifs is 2. The molecule has 25 heavy (non-hydrogen) atoms. The van der Waals surface area contributed by atoms with Crippen molar-refractivity contribution < 1.29 is 4.39 Å². The summed E-state index contributed by atoms with van der Waals surface area (Å²) >= 11 is 6.35. The molecule has 3 aromatic rings. The molecule has 1 aliphatic carbocycles. The molecule has 0 spiro atoms. The molecular weight excluding hydrogens is 345 g/mol. The Hall–Kier alpha value is -2.25. The van der Waals surface area contributed by atoms with E-state index in [1.165, 1.54) is 15.4 Å². The monoisotopic (exact) mass is 359 g/mol. The molecule has 2 aliphatic rings. The molecule has 1 aliphatic heterocycles. The topological polar surface area (TPSA) is 64.7 Å². The van der Waals surface area contributed by atoms with Crippen molar-refractivity contribution in [3.8, 4) is 0 Å². The van der Waals surface area contributed by atoms with E-state index in [0.717, 1.165) is 13.1 Å². The molecule has 1 saturated carbocycles. The van der Waals surface area contributed by atoms with E-state index in [1.807, 2.05) is 0 Å². The predicted molar refractivity (Wildman–Crippen MR) is 91.2 cm³/mol. The number of benzene rings is 1. The number of hydrogen-bond acceptors (Lipinski definition) is 4. The minimum Gasteiger partial charge on any atom is -0.316 e. The molecule has 1 aromatic carbocycles. The number of halogens is 2. The third kappa shape index (κ3) is 2.22. The average molecular weight is 360 g/mol. The van der Waals surface area contributed by atoms with E-state index >= 15 is 0 Å². The van der Waals surface area contributed by atoms with Crippen LogP contribution in [0.15, 0.2) is 35.3 Å². The van der Waals surface area contributed by atoms with Gasteiger partial charge < -0.3 is 5.32 Å². The summed E-state index contributed by atoms with van der Waals surface area (Å²) in [6.07, 6.45) is 1.59. The Morgan fingerprint density at radius 2 is 2.04 bits per heavy atom. The predicted octanol–water partition coefficient (Wildman–Crippen LogP) is 1.82. The molecule has 5 rings (SSSR count). The first-order valence-corrected chi connectivity index (χ1v) is 8.61. The second-order valence-electron chi connectivity index (χ2n) is 6.67. The van der Waals surface area contributed by atoms with Crippen LogP contribution in [0.1, 0.15) is 11.6 Å². The first kappa shape index (κ1) is 15.0. The number of piperidine rings is 1. The number of aromatic nitrogens is 4. The lowest BCUT2D eigenvalue weighted by atomic mass is 10.2. The van der Waals surface area contributed by atoms with Gasteiger partial charge in [0.2, 0.25) is 0 Å². The van der Waals surface area contributed by atoms with Crippen molar-refractivity contribution >= 4 is 22.5 Å². The third-order valence-electron chi connectivity index (χ3n) is 5.25. The molecule has 0 bridgehead atoms. The maximum Gasteiger partial charge on any atom is 0.295 e. The summed E-state index contributed by atoms with van der Waals surface area (Å²) in [5.74, 6) is 0.615. The molecule has 0 radical (unpaired) electrons. The molecule has 3 heterocycles. The molecule has 1 N–H and O–H groups in total. The van der Waals surface area contributed by atoms with Gasteiger partial charge in [0.1, 0.15) is 11.0 Å². The minimum absolute atomic E-state index is 0.147. The lowest BCUT2D eigenvalue weighted by Crippen LogP contribution is -2.27. The van der Waals surface area contributed by atoms with E-state index < -0.39 is 0 Å². The molecule has 2 aromatic heterocycles. The Bertz CT molecular complexity index is 1040. The Kier molecular flexibility index (Phi) is 3.23. The average Bonchev–Trinajstić information content (AvgIpc) is 2.93. The highest BCUT2D eigenvalue weighted by Crippen LogP contribution is 2.51. The summed E-state index contributed by atoms with van der Waals surface area (Å²) < 4.78 is 16.9. The van der Waals surface area contributed by atoms with Crippen molar-refractivity contribution in [1.29, 1.82) is 0 Å². The Morgan fingerprint density at radius 1 is 1.28 bits per heavy atom. The second kappa shape index (κ2) is 5.37. The van der Waals surface area contributed by atoms with Crippen LogP contribution in [0.25, 0.3) is 10.9 Å². The van der Waals surface area contributed by atoms with Crippen molar-refractivity contribution in [3.63, 3.8) is 0 Å². The smallest absolute Gasteiger partial charge is 0.295 e. The number of nitrogens with one attached hydrogen (secondary N) is 1. The fourth-order valence-corrected chi connectivity index (χ4v) is 4.10. The molecule has 0 amide bonds. The number of hydrogen-bond donors (Lipinski definition) is 1. The first-order chi connectivity index (χ1) is 12.1. The van der Waals surface area contributed by atoms with Gasteiger partial charge in [0.15, 0.2) is 5.52 Å². The molecular formula is C17H15ClFN5O. The summed E-state index contributed by atoms with van der Waals surface area (Å²) in [5.41, 5.74) is 0.522. The van der Waals surface area contributed by atoms with Gasteiger partial charge in [-0.3, -0.25) is 4.79 Å². The maximum absolute atomic E-state index is 13.9. The van der Waals surface area contributed by atoms with Crippen LogP contribution in [0.3, 0.4) is 0 Å². The van der Waals surface area contributed by atoms with E-state index in [-0.39, 0.29) is 29.5 Å². The van der Waals surface area contributed by atoms with E-state index in [4.69, 9.17) is 11.6 Å². The summed E-state index contributed by atoms with van der Waals surface area (Å²) in [6, 6.07) is 6.59. The fraction of sp³-hybridized carbons (Fsp3) is 0.353. The quantitative estimate of drug-likeness (QED) is 0.775. The van der Waals surface area contributed by atoms with Gasteiger partial charge in [-0.1, -0.05) is 29.8 Å². The van der Waals surface area contributed by atoms with E-state index in [2.05, 4.69) is 15.5 Å². The van der Waals surface area contributed by atoms with Crippen molar-refractivity contribution in [2.75, 3.05) is 13.1 Å². The van der Waals surface area contributed by atoms with Gasteiger partial charge >= 0.3 is 0 Å². The van der Waals surface area contributed by atoms with E-state index in [1.54, 1.807) is 24.4 Å². The van der Waals surface area contributed by atoms with Crippen LogP contribution in [0, 0.1) is 17.7 Å². The molecule has 3 atom stereocenters. The van der Waals surface area contributed by atoms with Gasteiger partial charge in [-0.15, -0.1) is 0 Å². The second-order valence-corrected chi connectivity index (χ2v) is 7.03. The minimum atomic E-state index is -0.327. The summed E-state index contributed by atoms with van der Waals surface area (Å²) in [4.78, 5) is 12.8. The summed E-state index contributed by atoms with van der Waals surface area (Å²) in [6.45, 7) is 2.01. The molecule has 1 unspecified atom stereocenters. The van der Waals surface area contributed by atoms with Crippen LogP contribution >= 0.6 is 11.6 Å². The zero-order chi connectivity index (χ0) is 17.1. The maximum atomic E-state index is 13.9. The van der Waals surface area contributed by atoms with Gasteiger partial charge in [-0.2, -0.15) is 10.2 Å². The van der Waals surface area contributed by atoms with Gasteiger partial charge in [0.25, 0.3) is 5.56 Å². The van der Waals surface area contributed by atoms with Crippen molar-refractivity contribution in [1.82, 2.24) is 24.9 Å². The van der Waals surface area contributed by atoms with Crippen LogP contribution in [-0.4, -0.2) is 32.7 Å². The molecule has 1 saturated heterocycles. The highest BCUT2D eigenvalue weighted by atomic mass is 35.5. The molecule has 8 heteroatoms. The first-order valence-electron chi connectivity index (χ1n) is 8.23. The van der Waals surface area contributed by atoms with Gasteiger partial charge in [0, 0.05) is 30.5 Å². The van der Waals surface area contributed by atoms with Crippen LogP contribution in [0.4, 0.5) is 4.39 Å².